The van der Waals surface area contributed by atoms with Crippen LogP contribution in [0.5, 0.6) is 0 Å². The van der Waals surface area contributed by atoms with Crippen LogP contribution in [-0.2, 0) is 4.74 Å². The van der Waals surface area contributed by atoms with Crippen molar-refractivity contribution in [3.63, 3.8) is 0 Å². The van der Waals surface area contributed by atoms with E-state index in [-0.39, 0.29) is 12.1 Å². The topological polar surface area (TPSA) is 38.5 Å². The predicted octanol–water partition coefficient (Wildman–Crippen LogP) is 2.66. The first-order chi connectivity index (χ1) is 8.97. The standard InChI is InChI=1S/C16H28N2O/c1-12(2)19-10-9-18(5)16(11-17)15-8-6-7-13(3)14(15)4/h6-8,12,16H,9-11,17H2,1-5H3. The van der Waals surface area contributed by atoms with Gasteiger partial charge in [-0.25, -0.2) is 0 Å². The third kappa shape index (κ3) is 4.60. The van der Waals surface area contributed by atoms with Crippen LogP contribution in [0.25, 0.3) is 0 Å². The zero-order valence-corrected chi connectivity index (χ0v) is 12.9. The summed E-state index contributed by atoms with van der Waals surface area (Å²) in [4.78, 5) is 2.28. The second kappa shape index (κ2) is 7.63. The minimum absolute atomic E-state index is 0.260. The van der Waals surface area contributed by atoms with Gasteiger partial charge < -0.3 is 10.5 Å². The van der Waals surface area contributed by atoms with Crippen molar-refractivity contribution in [3.05, 3.63) is 34.9 Å². The average molecular weight is 264 g/mol. The molecule has 3 heteroatoms. The molecule has 1 atom stereocenters. The lowest BCUT2D eigenvalue weighted by molar-refractivity contribution is 0.0564. The van der Waals surface area contributed by atoms with Crippen LogP contribution in [0.3, 0.4) is 0 Å². The van der Waals surface area contributed by atoms with Crippen LogP contribution < -0.4 is 5.73 Å². The van der Waals surface area contributed by atoms with Crippen LogP contribution in [0.2, 0.25) is 0 Å². The molecule has 3 nitrogen and oxygen atoms in total. The van der Waals surface area contributed by atoms with Crippen molar-refractivity contribution in [1.82, 2.24) is 4.90 Å². The third-order valence-electron chi connectivity index (χ3n) is 3.66. The first-order valence-electron chi connectivity index (χ1n) is 7.05. The number of benzene rings is 1. The Kier molecular flexibility index (Phi) is 6.49. The predicted molar refractivity (Wildman–Crippen MR) is 81.4 cm³/mol. The second-order valence-corrected chi connectivity index (χ2v) is 5.44. The molecule has 0 aliphatic heterocycles. The highest BCUT2D eigenvalue weighted by molar-refractivity contribution is 5.35. The van der Waals surface area contributed by atoms with Gasteiger partial charge in [-0.05, 0) is 51.4 Å². The van der Waals surface area contributed by atoms with Gasteiger partial charge in [0, 0.05) is 19.1 Å². The largest absolute Gasteiger partial charge is 0.377 e. The Morgan fingerprint density at radius 2 is 1.95 bits per heavy atom. The number of nitrogens with zero attached hydrogens (tertiary/aromatic N) is 1. The summed E-state index contributed by atoms with van der Waals surface area (Å²) < 4.78 is 5.61. The lowest BCUT2D eigenvalue weighted by Gasteiger charge is -2.29. The maximum absolute atomic E-state index is 5.97. The van der Waals surface area contributed by atoms with Crippen molar-refractivity contribution in [3.8, 4) is 0 Å². The molecule has 0 amide bonds. The monoisotopic (exact) mass is 264 g/mol. The molecular formula is C16H28N2O. The van der Waals surface area contributed by atoms with E-state index in [9.17, 15) is 0 Å². The fourth-order valence-electron chi connectivity index (χ4n) is 2.27. The van der Waals surface area contributed by atoms with Crippen molar-refractivity contribution in [2.24, 2.45) is 5.73 Å². The van der Waals surface area contributed by atoms with E-state index in [1.807, 2.05) is 0 Å². The van der Waals surface area contributed by atoms with E-state index < -0.39 is 0 Å². The molecule has 0 heterocycles. The Morgan fingerprint density at radius 3 is 2.53 bits per heavy atom. The van der Waals surface area contributed by atoms with Crippen molar-refractivity contribution >= 4 is 0 Å². The first-order valence-corrected chi connectivity index (χ1v) is 7.05. The first kappa shape index (κ1) is 16.2. The van der Waals surface area contributed by atoms with Gasteiger partial charge in [0.15, 0.2) is 0 Å². The summed E-state index contributed by atoms with van der Waals surface area (Å²) >= 11 is 0. The summed E-state index contributed by atoms with van der Waals surface area (Å²) in [7, 11) is 2.11. The van der Waals surface area contributed by atoms with Crippen LogP contribution in [0.1, 0.15) is 36.6 Å². The third-order valence-corrected chi connectivity index (χ3v) is 3.66. The van der Waals surface area contributed by atoms with Crippen molar-refractivity contribution in [2.75, 3.05) is 26.7 Å². The smallest absolute Gasteiger partial charge is 0.0597 e. The van der Waals surface area contributed by atoms with Gasteiger partial charge in [-0.2, -0.15) is 0 Å². The van der Waals surface area contributed by atoms with Gasteiger partial charge in [-0.15, -0.1) is 0 Å². The molecule has 0 bridgehead atoms. The van der Waals surface area contributed by atoms with Gasteiger partial charge in [0.05, 0.1) is 12.7 Å². The molecule has 1 aromatic carbocycles. The fourth-order valence-corrected chi connectivity index (χ4v) is 2.27. The molecule has 1 aromatic rings. The highest BCUT2D eigenvalue weighted by Gasteiger charge is 2.17. The van der Waals surface area contributed by atoms with Crippen molar-refractivity contribution in [2.45, 2.75) is 39.8 Å². The molecule has 1 unspecified atom stereocenters. The Hall–Kier alpha value is -0.900. The molecule has 0 spiro atoms. The fraction of sp³-hybridized carbons (Fsp3) is 0.625. The van der Waals surface area contributed by atoms with Crippen LogP contribution in [0.4, 0.5) is 0 Å². The highest BCUT2D eigenvalue weighted by atomic mass is 16.5. The normalized spacial score (nSPS) is 13.3. The van der Waals surface area contributed by atoms with E-state index >= 15 is 0 Å². The Labute approximate surface area is 117 Å². The molecule has 0 aromatic heterocycles. The maximum atomic E-state index is 5.97. The van der Waals surface area contributed by atoms with Gasteiger partial charge in [0.25, 0.3) is 0 Å². The Bertz CT molecular complexity index is 390. The quantitative estimate of drug-likeness (QED) is 0.823. The summed E-state index contributed by atoms with van der Waals surface area (Å²) in [6.07, 6.45) is 0.283. The molecule has 0 saturated heterocycles. The molecule has 0 radical (unpaired) electrons. The summed E-state index contributed by atoms with van der Waals surface area (Å²) in [6.45, 7) is 10.7. The van der Waals surface area contributed by atoms with Crippen LogP contribution in [-0.4, -0.2) is 37.7 Å². The summed E-state index contributed by atoms with van der Waals surface area (Å²) in [5, 5.41) is 0. The zero-order valence-electron chi connectivity index (χ0n) is 12.9. The van der Waals surface area contributed by atoms with E-state index in [1.165, 1.54) is 16.7 Å². The van der Waals surface area contributed by atoms with Crippen molar-refractivity contribution in [1.29, 1.82) is 0 Å². The number of hydrogen-bond acceptors (Lipinski definition) is 3. The lowest BCUT2D eigenvalue weighted by atomic mass is 9.96. The van der Waals surface area contributed by atoms with Crippen LogP contribution in [0.15, 0.2) is 18.2 Å². The maximum Gasteiger partial charge on any atom is 0.0597 e. The van der Waals surface area contributed by atoms with Crippen LogP contribution in [0, 0.1) is 13.8 Å². The lowest BCUT2D eigenvalue weighted by Crippen LogP contribution is -2.34. The van der Waals surface area contributed by atoms with E-state index in [2.05, 4.69) is 57.8 Å². The van der Waals surface area contributed by atoms with Gasteiger partial charge in [0.1, 0.15) is 0 Å². The number of rotatable bonds is 7. The summed E-state index contributed by atoms with van der Waals surface area (Å²) in [6, 6.07) is 6.70. The van der Waals surface area contributed by atoms with Gasteiger partial charge >= 0.3 is 0 Å². The number of aryl methyl sites for hydroxylation is 1. The summed E-state index contributed by atoms with van der Waals surface area (Å²) in [5.41, 5.74) is 9.97. The number of likely N-dealkylation sites (N-methyl/N-ethyl adjacent to an activating group) is 1. The number of ether oxygens (including phenoxy) is 1. The molecule has 108 valence electrons. The minimum Gasteiger partial charge on any atom is -0.377 e. The molecule has 19 heavy (non-hydrogen) atoms. The van der Waals surface area contributed by atoms with Crippen molar-refractivity contribution < 1.29 is 4.74 Å². The molecule has 0 aliphatic rings. The van der Waals surface area contributed by atoms with Gasteiger partial charge in [0.2, 0.25) is 0 Å². The zero-order chi connectivity index (χ0) is 14.4. The molecule has 0 fully saturated rings. The average Bonchev–Trinajstić information content (AvgIpc) is 2.35. The Morgan fingerprint density at radius 1 is 1.26 bits per heavy atom. The molecule has 2 N–H and O–H groups in total. The van der Waals surface area contributed by atoms with E-state index in [0.717, 1.165) is 13.2 Å². The SMILES string of the molecule is Cc1cccc(C(CN)N(C)CCOC(C)C)c1C. The van der Waals surface area contributed by atoms with E-state index in [1.54, 1.807) is 0 Å². The number of hydrogen-bond donors (Lipinski definition) is 1. The second-order valence-electron chi connectivity index (χ2n) is 5.44. The van der Waals surface area contributed by atoms with E-state index in [4.69, 9.17) is 10.5 Å². The molecule has 0 saturated carbocycles. The highest BCUT2D eigenvalue weighted by Crippen LogP contribution is 2.23. The van der Waals surface area contributed by atoms with Gasteiger partial charge in [-0.3, -0.25) is 4.90 Å². The molecule has 0 aliphatic carbocycles. The number of nitrogens with two attached hydrogens (primary N) is 1. The van der Waals surface area contributed by atoms with Crippen LogP contribution >= 0.6 is 0 Å². The Balaban J connectivity index is 2.73. The minimum atomic E-state index is 0.260. The van der Waals surface area contributed by atoms with Gasteiger partial charge in [-0.1, -0.05) is 18.2 Å². The van der Waals surface area contributed by atoms with E-state index in [0.29, 0.717) is 6.54 Å². The summed E-state index contributed by atoms with van der Waals surface area (Å²) in [5.74, 6) is 0. The molecular weight excluding hydrogens is 236 g/mol. The molecule has 1 rings (SSSR count).